The molecule has 1 heterocycles. The summed E-state index contributed by atoms with van der Waals surface area (Å²) < 4.78 is 5.25. The molecule has 1 unspecified atom stereocenters. The van der Waals surface area contributed by atoms with Gasteiger partial charge in [-0.25, -0.2) is 4.98 Å². The van der Waals surface area contributed by atoms with Gasteiger partial charge < -0.3 is 0 Å². The number of nitrogens with zero attached hydrogens (tertiary/aromatic N) is 2. The highest BCUT2D eigenvalue weighted by molar-refractivity contribution is 9.09. The topological polar surface area (TPSA) is 25.8 Å². The zero-order chi connectivity index (χ0) is 12.1. The smallest absolute Gasteiger partial charge is 0.170 e. The van der Waals surface area contributed by atoms with Gasteiger partial charge >= 0.3 is 0 Å². The third-order valence-corrected chi connectivity index (χ3v) is 5.24. The minimum absolute atomic E-state index is 0.519. The second-order valence-electron chi connectivity index (χ2n) is 3.68. The zero-order valence-electron chi connectivity index (χ0n) is 9.47. The van der Waals surface area contributed by atoms with E-state index in [0.717, 1.165) is 21.2 Å². The third-order valence-electron chi connectivity index (χ3n) is 2.37. The summed E-state index contributed by atoms with van der Waals surface area (Å²) in [6.07, 6.45) is 0. The molecule has 0 amide bonds. The SMILES string of the molecule is Cc1nsc(SCC(CBr)c2ccccc2)n1. The van der Waals surface area contributed by atoms with E-state index < -0.39 is 0 Å². The fourth-order valence-corrected chi connectivity index (χ4v) is 4.17. The summed E-state index contributed by atoms with van der Waals surface area (Å²) in [4.78, 5) is 4.37. The van der Waals surface area contributed by atoms with Crippen molar-refractivity contribution in [3.05, 3.63) is 41.7 Å². The lowest BCUT2D eigenvalue weighted by atomic mass is 10.0. The Morgan fingerprint density at radius 3 is 2.71 bits per heavy atom. The van der Waals surface area contributed by atoms with Crippen molar-refractivity contribution in [2.24, 2.45) is 0 Å². The molecule has 0 aliphatic heterocycles. The van der Waals surface area contributed by atoms with Crippen molar-refractivity contribution in [1.29, 1.82) is 0 Å². The molecule has 0 aliphatic rings. The van der Waals surface area contributed by atoms with Gasteiger partial charge in [0, 0.05) is 17.0 Å². The number of alkyl halides is 1. The van der Waals surface area contributed by atoms with Gasteiger partial charge in [0.1, 0.15) is 5.82 Å². The molecule has 1 aromatic heterocycles. The van der Waals surface area contributed by atoms with Crippen LogP contribution >= 0.6 is 39.2 Å². The highest BCUT2D eigenvalue weighted by atomic mass is 79.9. The molecule has 2 aromatic rings. The van der Waals surface area contributed by atoms with Gasteiger partial charge in [-0.05, 0) is 24.0 Å². The minimum atomic E-state index is 0.519. The van der Waals surface area contributed by atoms with Crippen molar-refractivity contribution in [2.75, 3.05) is 11.1 Å². The Kier molecular flexibility index (Phi) is 5.00. The van der Waals surface area contributed by atoms with Crippen LogP contribution in [-0.2, 0) is 0 Å². The van der Waals surface area contributed by atoms with Crippen molar-refractivity contribution < 1.29 is 0 Å². The molecule has 0 radical (unpaired) electrons. The van der Waals surface area contributed by atoms with Gasteiger partial charge in [0.15, 0.2) is 4.34 Å². The molecule has 0 aliphatic carbocycles. The van der Waals surface area contributed by atoms with Crippen molar-refractivity contribution in [2.45, 2.75) is 17.2 Å². The van der Waals surface area contributed by atoms with Gasteiger partial charge in [-0.2, -0.15) is 4.37 Å². The maximum absolute atomic E-state index is 4.37. The first kappa shape index (κ1) is 13.1. The Hall–Kier alpha value is -0.390. The van der Waals surface area contributed by atoms with E-state index in [1.54, 1.807) is 11.8 Å². The summed E-state index contributed by atoms with van der Waals surface area (Å²) in [6.45, 7) is 1.93. The van der Waals surface area contributed by atoms with Crippen LogP contribution in [0.1, 0.15) is 17.3 Å². The molecule has 2 nitrogen and oxygen atoms in total. The summed E-state index contributed by atoms with van der Waals surface area (Å²) in [6, 6.07) is 10.6. The Labute approximate surface area is 118 Å². The van der Waals surface area contributed by atoms with Crippen molar-refractivity contribution in [3.63, 3.8) is 0 Å². The van der Waals surface area contributed by atoms with Crippen LogP contribution in [0.4, 0.5) is 0 Å². The molecule has 0 saturated carbocycles. The van der Waals surface area contributed by atoms with Crippen molar-refractivity contribution in [3.8, 4) is 0 Å². The average molecular weight is 329 g/mol. The molecular weight excluding hydrogens is 316 g/mol. The van der Waals surface area contributed by atoms with E-state index in [0.29, 0.717) is 5.92 Å². The molecule has 0 spiro atoms. The number of thioether (sulfide) groups is 1. The molecule has 5 heteroatoms. The monoisotopic (exact) mass is 328 g/mol. The van der Waals surface area contributed by atoms with Gasteiger partial charge in [-0.3, -0.25) is 0 Å². The van der Waals surface area contributed by atoms with Crippen LogP contribution in [0.5, 0.6) is 0 Å². The second kappa shape index (κ2) is 6.52. The number of hydrogen-bond donors (Lipinski definition) is 0. The first-order valence-corrected chi connectivity index (χ1v) is 8.21. The predicted molar refractivity (Wildman–Crippen MR) is 78.3 cm³/mol. The fraction of sp³-hybridized carbons (Fsp3) is 0.333. The number of aromatic nitrogens is 2. The Morgan fingerprint density at radius 2 is 2.12 bits per heavy atom. The molecule has 2 rings (SSSR count). The third kappa shape index (κ3) is 3.79. The van der Waals surface area contributed by atoms with Crippen LogP contribution in [0, 0.1) is 6.92 Å². The van der Waals surface area contributed by atoms with E-state index in [1.165, 1.54) is 17.1 Å². The second-order valence-corrected chi connectivity index (χ2v) is 6.35. The Balaban J connectivity index is 1.97. The molecule has 1 atom stereocenters. The van der Waals surface area contributed by atoms with Crippen LogP contribution < -0.4 is 0 Å². The molecule has 0 fully saturated rings. The van der Waals surface area contributed by atoms with E-state index in [4.69, 9.17) is 0 Å². The van der Waals surface area contributed by atoms with Gasteiger partial charge in [-0.1, -0.05) is 58.0 Å². The molecule has 1 aromatic carbocycles. The van der Waals surface area contributed by atoms with Gasteiger partial charge in [0.2, 0.25) is 0 Å². The van der Waals surface area contributed by atoms with Crippen LogP contribution in [0.2, 0.25) is 0 Å². The van der Waals surface area contributed by atoms with E-state index in [2.05, 4.69) is 55.6 Å². The standard InChI is InChI=1S/C12H13BrN2S2/c1-9-14-12(17-15-9)16-8-11(7-13)10-5-3-2-4-6-10/h2-6,11H,7-8H2,1H3. The Bertz CT molecular complexity index is 459. The number of hydrogen-bond acceptors (Lipinski definition) is 4. The van der Waals surface area contributed by atoms with E-state index in [1.807, 2.05) is 6.92 Å². The highest BCUT2D eigenvalue weighted by Gasteiger charge is 2.11. The van der Waals surface area contributed by atoms with Crippen molar-refractivity contribution in [1.82, 2.24) is 9.36 Å². The lowest BCUT2D eigenvalue weighted by molar-refractivity contribution is 0.901. The molecule has 0 N–H and O–H groups in total. The van der Waals surface area contributed by atoms with Gasteiger partial charge in [0.05, 0.1) is 0 Å². The lowest BCUT2D eigenvalue weighted by Gasteiger charge is -2.12. The lowest BCUT2D eigenvalue weighted by Crippen LogP contribution is -2.03. The van der Waals surface area contributed by atoms with Gasteiger partial charge in [0.25, 0.3) is 0 Å². The van der Waals surface area contributed by atoms with Crippen molar-refractivity contribution >= 4 is 39.2 Å². The number of aryl methyl sites for hydroxylation is 1. The molecule has 0 bridgehead atoms. The van der Waals surface area contributed by atoms with Gasteiger partial charge in [-0.15, -0.1) is 0 Å². The minimum Gasteiger partial charge on any atom is -0.213 e. The molecule has 90 valence electrons. The molecule has 17 heavy (non-hydrogen) atoms. The average Bonchev–Trinajstić information content (AvgIpc) is 2.77. The number of benzene rings is 1. The largest absolute Gasteiger partial charge is 0.213 e. The zero-order valence-corrected chi connectivity index (χ0v) is 12.7. The maximum Gasteiger partial charge on any atom is 0.170 e. The summed E-state index contributed by atoms with van der Waals surface area (Å²) in [5.74, 6) is 2.42. The summed E-state index contributed by atoms with van der Waals surface area (Å²) in [5, 5.41) is 0.974. The molecular formula is C12H13BrN2S2. The fourth-order valence-electron chi connectivity index (χ4n) is 1.46. The quantitative estimate of drug-likeness (QED) is 0.610. The van der Waals surface area contributed by atoms with Crippen LogP contribution in [0.15, 0.2) is 34.7 Å². The highest BCUT2D eigenvalue weighted by Crippen LogP contribution is 2.28. The predicted octanol–water partition coefficient (Wildman–Crippen LogP) is 4.12. The summed E-state index contributed by atoms with van der Waals surface area (Å²) >= 11 is 6.85. The normalized spacial score (nSPS) is 12.6. The van der Waals surface area contributed by atoms with Crippen LogP contribution in [0.3, 0.4) is 0 Å². The summed E-state index contributed by atoms with van der Waals surface area (Å²) in [7, 11) is 0. The number of halogens is 1. The van der Waals surface area contributed by atoms with E-state index in [-0.39, 0.29) is 0 Å². The van der Waals surface area contributed by atoms with E-state index in [9.17, 15) is 0 Å². The van der Waals surface area contributed by atoms with Crippen LogP contribution in [0.25, 0.3) is 0 Å². The van der Waals surface area contributed by atoms with E-state index >= 15 is 0 Å². The molecule has 0 saturated heterocycles. The maximum atomic E-state index is 4.37. The number of rotatable bonds is 5. The summed E-state index contributed by atoms with van der Waals surface area (Å²) in [5.41, 5.74) is 1.37. The first-order valence-electron chi connectivity index (χ1n) is 5.33. The Morgan fingerprint density at radius 1 is 1.35 bits per heavy atom. The van der Waals surface area contributed by atoms with Crippen LogP contribution in [-0.4, -0.2) is 20.4 Å². The first-order chi connectivity index (χ1) is 8.29.